The molecule has 1 atom stereocenters. The van der Waals surface area contributed by atoms with Gasteiger partial charge in [-0.15, -0.1) is 0 Å². The van der Waals surface area contributed by atoms with Crippen LogP contribution in [0.3, 0.4) is 0 Å². The molecule has 1 unspecified atom stereocenters. The SMILES string of the molecule is Cc1cccc(C)c1NC(=O)CC1CNCCO1. The van der Waals surface area contributed by atoms with Crippen LogP contribution in [0.4, 0.5) is 5.69 Å². The van der Waals surface area contributed by atoms with Gasteiger partial charge < -0.3 is 15.4 Å². The van der Waals surface area contributed by atoms with Crippen LogP contribution in [0.5, 0.6) is 0 Å². The van der Waals surface area contributed by atoms with Crippen LogP contribution >= 0.6 is 0 Å². The van der Waals surface area contributed by atoms with E-state index < -0.39 is 0 Å². The third-order valence-corrected chi connectivity index (χ3v) is 3.16. The van der Waals surface area contributed by atoms with Gasteiger partial charge in [0.1, 0.15) is 0 Å². The zero-order valence-electron chi connectivity index (χ0n) is 11.0. The van der Waals surface area contributed by atoms with Gasteiger partial charge in [0.2, 0.25) is 5.91 Å². The van der Waals surface area contributed by atoms with Gasteiger partial charge in [0.05, 0.1) is 19.1 Å². The van der Waals surface area contributed by atoms with Crippen molar-refractivity contribution in [2.45, 2.75) is 26.4 Å². The molecule has 2 N–H and O–H groups in total. The molecule has 1 aromatic rings. The molecule has 1 heterocycles. The van der Waals surface area contributed by atoms with Gasteiger partial charge in [-0.1, -0.05) is 18.2 Å². The fourth-order valence-corrected chi connectivity index (χ4v) is 2.16. The average molecular weight is 248 g/mol. The molecule has 4 nitrogen and oxygen atoms in total. The Balaban J connectivity index is 1.94. The van der Waals surface area contributed by atoms with E-state index in [9.17, 15) is 4.79 Å². The van der Waals surface area contributed by atoms with Gasteiger partial charge in [-0.2, -0.15) is 0 Å². The number of benzene rings is 1. The molecule has 1 aliphatic rings. The first-order valence-corrected chi connectivity index (χ1v) is 6.35. The second kappa shape index (κ2) is 5.98. The molecule has 1 aromatic carbocycles. The number of nitrogens with one attached hydrogen (secondary N) is 2. The van der Waals surface area contributed by atoms with Crippen LogP contribution < -0.4 is 10.6 Å². The summed E-state index contributed by atoms with van der Waals surface area (Å²) in [4.78, 5) is 12.0. The Morgan fingerprint density at radius 1 is 1.44 bits per heavy atom. The lowest BCUT2D eigenvalue weighted by atomic mass is 10.1. The Hall–Kier alpha value is -1.39. The lowest BCUT2D eigenvalue weighted by molar-refractivity contribution is -0.119. The molecule has 0 aliphatic carbocycles. The number of hydrogen-bond donors (Lipinski definition) is 2. The standard InChI is InChI=1S/C14H20N2O2/c1-10-4-3-5-11(2)14(10)16-13(17)8-12-9-15-6-7-18-12/h3-5,12,15H,6-9H2,1-2H3,(H,16,17). The summed E-state index contributed by atoms with van der Waals surface area (Å²) in [5.74, 6) is 0.0149. The van der Waals surface area contributed by atoms with E-state index in [-0.39, 0.29) is 12.0 Å². The molecule has 0 bridgehead atoms. The van der Waals surface area contributed by atoms with E-state index in [4.69, 9.17) is 4.74 Å². The van der Waals surface area contributed by atoms with Crippen molar-refractivity contribution in [2.24, 2.45) is 0 Å². The minimum Gasteiger partial charge on any atom is -0.375 e. The third kappa shape index (κ3) is 3.31. The molecule has 0 saturated carbocycles. The minimum atomic E-state index is -0.0110. The fraction of sp³-hybridized carbons (Fsp3) is 0.500. The number of ether oxygens (including phenoxy) is 1. The van der Waals surface area contributed by atoms with E-state index in [0.29, 0.717) is 13.0 Å². The first kappa shape index (κ1) is 13.1. The van der Waals surface area contributed by atoms with Crippen molar-refractivity contribution in [1.82, 2.24) is 5.32 Å². The summed E-state index contributed by atoms with van der Waals surface area (Å²) in [6.45, 7) is 6.30. The van der Waals surface area contributed by atoms with Crippen molar-refractivity contribution >= 4 is 11.6 Å². The molecule has 0 spiro atoms. The van der Waals surface area contributed by atoms with E-state index in [0.717, 1.165) is 29.9 Å². The van der Waals surface area contributed by atoms with Gasteiger partial charge in [0.15, 0.2) is 0 Å². The zero-order valence-corrected chi connectivity index (χ0v) is 11.0. The highest BCUT2D eigenvalue weighted by atomic mass is 16.5. The number of carbonyl (C=O) groups excluding carboxylic acids is 1. The van der Waals surface area contributed by atoms with Gasteiger partial charge >= 0.3 is 0 Å². The van der Waals surface area contributed by atoms with Crippen LogP contribution in [-0.4, -0.2) is 31.7 Å². The van der Waals surface area contributed by atoms with Gasteiger partial charge in [-0.3, -0.25) is 4.79 Å². The maximum absolute atomic E-state index is 12.0. The Kier molecular flexibility index (Phi) is 4.33. The number of rotatable bonds is 3. The highest BCUT2D eigenvalue weighted by Gasteiger charge is 2.18. The normalized spacial score (nSPS) is 19.6. The summed E-state index contributed by atoms with van der Waals surface area (Å²) in [7, 11) is 0. The monoisotopic (exact) mass is 248 g/mol. The number of anilines is 1. The maximum atomic E-state index is 12.0. The van der Waals surface area contributed by atoms with E-state index in [1.807, 2.05) is 32.0 Å². The molecule has 0 aromatic heterocycles. The molecular weight excluding hydrogens is 228 g/mol. The van der Waals surface area contributed by atoms with Gasteiger partial charge in [-0.25, -0.2) is 0 Å². The van der Waals surface area contributed by atoms with Crippen molar-refractivity contribution < 1.29 is 9.53 Å². The second-order valence-corrected chi connectivity index (χ2v) is 4.72. The Labute approximate surface area is 108 Å². The van der Waals surface area contributed by atoms with Crippen molar-refractivity contribution in [3.8, 4) is 0 Å². The Morgan fingerprint density at radius 3 is 2.78 bits per heavy atom. The van der Waals surface area contributed by atoms with Crippen LogP contribution in [-0.2, 0) is 9.53 Å². The molecule has 0 radical (unpaired) electrons. The van der Waals surface area contributed by atoms with E-state index in [1.165, 1.54) is 0 Å². The fourth-order valence-electron chi connectivity index (χ4n) is 2.16. The number of morpholine rings is 1. The molecule has 4 heteroatoms. The highest BCUT2D eigenvalue weighted by Crippen LogP contribution is 2.19. The van der Waals surface area contributed by atoms with E-state index in [1.54, 1.807) is 0 Å². The summed E-state index contributed by atoms with van der Waals surface area (Å²) < 4.78 is 5.52. The van der Waals surface area contributed by atoms with Crippen LogP contribution in [0.25, 0.3) is 0 Å². The van der Waals surface area contributed by atoms with Crippen molar-refractivity contribution in [1.29, 1.82) is 0 Å². The average Bonchev–Trinajstić information content (AvgIpc) is 2.35. The third-order valence-electron chi connectivity index (χ3n) is 3.16. The minimum absolute atomic E-state index is 0.0110. The maximum Gasteiger partial charge on any atom is 0.227 e. The first-order chi connectivity index (χ1) is 8.66. The number of amides is 1. The zero-order chi connectivity index (χ0) is 13.0. The summed E-state index contributed by atoms with van der Waals surface area (Å²) in [6, 6.07) is 6.00. The lowest BCUT2D eigenvalue weighted by Gasteiger charge is -2.23. The molecular formula is C14H20N2O2. The lowest BCUT2D eigenvalue weighted by Crippen LogP contribution is -2.40. The molecule has 18 heavy (non-hydrogen) atoms. The quantitative estimate of drug-likeness (QED) is 0.854. The molecule has 1 aliphatic heterocycles. The summed E-state index contributed by atoms with van der Waals surface area (Å²) in [6.07, 6.45) is 0.393. The van der Waals surface area contributed by atoms with Gasteiger partial charge in [0.25, 0.3) is 0 Å². The number of para-hydroxylation sites is 1. The highest BCUT2D eigenvalue weighted by molar-refractivity contribution is 5.92. The van der Waals surface area contributed by atoms with E-state index in [2.05, 4.69) is 10.6 Å². The van der Waals surface area contributed by atoms with Crippen molar-refractivity contribution in [3.63, 3.8) is 0 Å². The topological polar surface area (TPSA) is 50.4 Å². The molecule has 2 rings (SSSR count). The van der Waals surface area contributed by atoms with Gasteiger partial charge in [0, 0.05) is 18.8 Å². The number of carbonyl (C=O) groups is 1. The van der Waals surface area contributed by atoms with Crippen LogP contribution in [0.15, 0.2) is 18.2 Å². The molecule has 1 amide bonds. The first-order valence-electron chi connectivity index (χ1n) is 6.35. The van der Waals surface area contributed by atoms with Crippen LogP contribution in [0.1, 0.15) is 17.5 Å². The second-order valence-electron chi connectivity index (χ2n) is 4.72. The smallest absolute Gasteiger partial charge is 0.227 e. The van der Waals surface area contributed by atoms with Crippen LogP contribution in [0, 0.1) is 13.8 Å². The van der Waals surface area contributed by atoms with Crippen molar-refractivity contribution in [3.05, 3.63) is 29.3 Å². The Bertz CT molecular complexity index is 406. The largest absolute Gasteiger partial charge is 0.375 e. The summed E-state index contributed by atoms with van der Waals surface area (Å²) in [5.41, 5.74) is 3.10. The molecule has 1 fully saturated rings. The Morgan fingerprint density at radius 2 is 2.17 bits per heavy atom. The summed E-state index contributed by atoms with van der Waals surface area (Å²) >= 11 is 0. The van der Waals surface area contributed by atoms with E-state index >= 15 is 0 Å². The van der Waals surface area contributed by atoms with Crippen molar-refractivity contribution in [2.75, 3.05) is 25.0 Å². The molecule has 1 saturated heterocycles. The predicted octanol–water partition coefficient (Wildman–Crippen LogP) is 1.62. The van der Waals surface area contributed by atoms with Crippen LogP contribution in [0.2, 0.25) is 0 Å². The number of hydrogen-bond acceptors (Lipinski definition) is 3. The predicted molar refractivity (Wildman–Crippen MR) is 71.8 cm³/mol. The van der Waals surface area contributed by atoms with Gasteiger partial charge in [-0.05, 0) is 25.0 Å². The molecule has 98 valence electrons. The summed E-state index contributed by atoms with van der Waals surface area (Å²) in [5, 5.41) is 6.20. The number of aryl methyl sites for hydroxylation is 2.